The minimum Gasteiger partial charge on any atom is -0.496 e. The Morgan fingerprint density at radius 2 is 2.23 bits per heavy atom. The van der Waals surface area contributed by atoms with Gasteiger partial charge in [0.15, 0.2) is 0 Å². The topological polar surface area (TPSA) is 13.6 Å². The fourth-order valence-electron chi connectivity index (χ4n) is 1.10. The molecule has 1 aromatic rings. The lowest BCUT2D eigenvalue weighted by Crippen LogP contribution is -1.93. The first kappa shape index (κ1) is 9.88. The van der Waals surface area contributed by atoms with Gasteiger partial charge in [-0.15, -0.1) is 0 Å². The van der Waals surface area contributed by atoms with Gasteiger partial charge in [0, 0.05) is 11.9 Å². The summed E-state index contributed by atoms with van der Waals surface area (Å²) in [5.74, 6) is 0.677. The highest BCUT2D eigenvalue weighted by Crippen LogP contribution is 2.29. The molecule has 0 heterocycles. The number of ether oxygens (including phenoxy) is 1. The van der Waals surface area contributed by atoms with E-state index in [0.717, 1.165) is 5.56 Å². The van der Waals surface area contributed by atoms with Gasteiger partial charge < -0.3 is 9.58 Å². The first-order valence-electron chi connectivity index (χ1n) is 3.89. The largest absolute Gasteiger partial charge is 0.496 e. The summed E-state index contributed by atoms with van der Waals surface area (Å²) in [7, 11) is 1.58. The molecule has 1 rings (SSSR count). The Kier molecular flexibility index (Phi) is 3.16. The third-order valence-electron chi connectivity index (χ3n) is 1.84. The van der Waals surface area contributed by atoms with Gasteiger partial charge in [-0.2, -0.15) is 0 Å². The molecular weight excluding hydrogens is 186 g/mol. The van der Waals surface area contributed by atoms with Crippen LogP contribution in [0, 0.1) is 6.57 Å². The molecule has 68 valence electrons. The Morgan fingerprint density at radius 3 is 2.77 bits per heavy atom. The van der Waals surface area contributed by atoms with Crippen molar-refractivity contribution < 1.29 is 4.74 Å². The second kappa shape index (κ2) is 4.15. The van der Waals surface area contributed by atoms with Gasteiger partial charge in [-0.1, -0.05) is 11.6 Å². The summed E-state index contributed by atoms with van der Waals surface area (Å²) < 4.78 is 5.12. The van der Waals surface area contributed by atoms with Gasteiger partial charge in [-0.3, -0.25) is 0 Å². The van der Waals surface area contributed by atoms with Crippen LogP contribution >= 0.6 is 11.6 Å². The minimum absolute atomic E-state index is 0.188. The number of rotatable bonds is 2. The van der Waals surface area contributed by atoms with Crippen molar-refractivity contribution in [2.45, 2.75) is 13.0 Å². The van der Waals surface area contributed by atoms with Crippen LogP contribution in [0.3, 0.4) is 0 Å². The number of hydrogen-bond donors (Lipinski definition) is 0. The SMILES string of the molecule is [C-]#[N+]C(C)c1ccc(Cl)cc1OC. The molecule has 2 nitrogen and oxygen atoms in total. The van der Waals surface area contributed by atoms with Crippen molar-refractivity contribution in [3.63, 3.8) is 0 Å². The van der Waals surface area contributed by atoms with Crippen molar-refractivity contribution in [3.05, 3.63) is 40.2 Å². The van der Waals surface area contributed by atoms with Crippen LogP contribution in [0.1, 0.15) is 18.5 Å². The summed E-state index contributed by atoms with van der Waals surface area (Å²) >= 11 is 5.79. The standard InChI is InChI=1S/C10H10ClNO/c1-7(12-2)9-5-4-8(11)6-10(9)13-3/h4-7H,1,3H3. The zero-order valence-electron chi connectivity index (χ0n) is 7.54. The predicted molar refractivity (Wildman–Crippen MR) is 53.0 cm³/mol. The van der Waals surface area contributed by atoms with Crippen molar-refractivity contribution in [3.8, 4) is 5.75 Å². The molecule has 0 spiro atoms. The minimum atomic E-state index is -0.188. The van der Waals surface area contributed by atoms with Gasteiger partial charge >= 0.3 is 0 Å². The van der Waals surface area contributed by atoms with E-state index in [2.05, 4.69) is 4.85 Å². The molecule has 0 fully saturated rings. The van der Waals surface area contributed by atoms with Crippen LogP contribution < -0.4 is 4.74 Å². The fraction of sp³-hybridized carbons (Fsp3) is 0.300. The van der Waals surface area contributed by atoms with Gasteiger partial charge in [0.1, 0.15) is 5.75 Å². The van der Waals surface area contributed by atoms with E-state index in [0.29, 0.717) is 10.8 Å². The fourth-order valence-corrected chi connectivity index (χ4v) is 1.26. The van der Waals surface area contributed by atoms with Crippen molar-refractivity contribution in [2.75, 3.05) is 7.11 Å². The maximum Gasteiger partial charge on any atom is 0.249 e. The molecule has 0 N–H and O–H groups in total. The number of nitrogens with zero attached hydrogens (tertiary/aromatic N) is 1. The lowest BCUT2D eigenvalue weighted by Gasteiger charge is -2.07. The van der Waals surface area contributed by atoms with E-state index in [1.54, 1.807) is 19.2 Å². The lowest BCUT2D eigenvalue weighted by molar-refractivity contribution is 0.408. The zero-order chi connectivity index (χ0) is 9.84. The highest BCUT2D eigenvalue weighted by molar-refractivity contribution is 6.30. The van der Waals surface area contributed by atoms with Crippen LogP contribution in [0.2, 0.25) is 5.02 Å². The second-order valence-electron chi connectivity index (χ2n) is 2.69. The van der Waals surface area contributed by atoms with Gasteiger partial charge in [0.2, 0.25) is 6.04 Å². The summed E-state index contributed by atoms with van der Waals surface area (Å²) in [6, 6.07) is 5.12. The molecule has 0 aliphatic rings. The Hall–Kier alpha value is -1.20. The number of benzene rings is 1. The summed E-state index contributed by atoms with van der Waals surface area (Å²) in [6.45, 7) is 8.74. The van der Waals surface area contributed by atoms with Crippen LogP contribution in [0.25, 0.3) is 4.85 Å². The second-order valence-corrected chi connectivity index (χ2v) is 3.13. The van der Waals surface area contributed by atoms with E-state index >= 15 is 0 Å². The van der Waals surface area contributed by atoms with Crippen LogP contribution in [0.4, 0.5) is 0 Å². The molecule has 1 aromatic carbocycles. The van der Waals surface area contributed by atoms with E-state index in [9.17, 15) is 0 Å². The van der Waals surface area contributed by atoms with E-state index < -0.39 is 0 Å². The van der Waals surface area contributed by atoms with Crippen molar-refractivity contribution in [2.24, 2.45) is 0 Å². The zero-order valence-corrected chi connectivity index (χ0v) is 8.30. The third-order valence-corrected chi connectivity index (χ3v) is 2.07. The van der Waals surface area contributed by atoms with Gasteiger partial charge in [-0.05, 0) is 18.2 Å². The Balaban J connectivity index is 3.15. The van der Waals surface area contributed by atoms with Crippen molar-refractivity contribution >= 4 is 11.6 Å². The highest BCUT2D eigenvalue weighted by Gasteiger charge is 2.14. The normalized spacial score (nSPS) is 11.8. The Bertz CT molecular complexity index is 343. The molecule has 0 radical (unpaired) electrons. The smallest absolute Gasteiger partial charge is 0.249 e. The lowest BCUT2D eigenvalue weighted by atomic mass is 10.1. The first-order chi connectivity index (χ1) is 6.19. The summed E-state index contributed by atoms with van der Waals surface area (Å²) in [5, 5.41) is 0.623. The number of hydrogen-bond acceptors (Lipinski definition) is 1. The molecule has 13 heavy (non-hydrogen) atoms. The number of halogens is 1. The van der Waals surface area contributed by atoms with E-state index in [1.165, 1.54) is 0 Å². The molecule has 0 saturated carbocycles. The van der Waals surface area contributed by atoms with Crippen molar-refractivity contribution in [1.82, 2.24) is 0 Å². The van der Waals surface area contributed by atoms with Gasteiger partial charge in [0.05, 0.1) is 12.7 Å². The van der Waals surface area contributed by atoms with Gasteiger partial charge in [-0.25, -0.2) is 6.57 Å². The van der Waals surface area contributed by atoms with E-state index in [1.807, 2.05) is 13.0 Å². The Labute approximate surface area is 82.9 Å². The average molecular weight is 196 g/mol. The molecule has 0 aliphatic heterocycles. The van der Waals surface area contributed by atoms with Crippen molar-refractivity contribution in [1.29, 1.82) is 0 Å². The van der Waals surface area contributed by atoms with E-state index in [-0.39, 0.29) is 6.04 Å². The molecule has 0 aliphatic carbocycles. The maximum absolute atomic E-state index is 6.91. The monoisotopic (exact) mass is 195 g/mol. The van der Waals surface area contributed by atoms with Crippen LogP contribution in [-0.4, -0.2) is 7.11 Å². The quantitative estimate of drug-likeness (QED) is 0.660. The summed E-state index contributed by atoms with van der Waals surface area (Å²) in [5.41, 5.74) is 0.877. The molecule has 0 aromatic heterocycles. The number of methoxy groups -OCH3 is 1. The van der Waals surface area contributed by atoms with E-state index in [4.69, 9.17) is 22.9 Å². The predicted octanol–water partition coefficient (Wildman–Crippen LogP) is 3.33. The van der Waals surface area contributed by atoms with Crippen LogP contribution in [0.5, 0.6) is 5.75 Å². The van der Waals surface area contributed by atoms with Gasteiger partial charge in [0.25, 0.3) is 0 Å². The molecular formula is C10H10ClNO. The molecule has 1 unspecified atom stereocenters. The maximum atomic E-state index is 6.91. The summed E-state index contributed by atoms with van der Waals surface area (Å²) in [6.07, 6.45) is 0. The highest BCUT2D eigenvalue weighted by atomic mass is 35.5. The summed E-state index contributed by atoms with van der Waals surface area (Å²) in [4.78, 5) is 3.42. The average Bonchev–Trinajstić information content (AvgIpc) is 2.16. The Morgan fingerprint density at radius 1 is 1.54 bits per heavy atom. The molecule has 0 bridgehead atoms. The molecule has 3 heteroatoms. The molecule has 0 amide bonds. The van der Waals surface area contributed by atoms with Crippen LogP contribution in [-0.2, 0) is 0 Å². The molecule has 1 atom stereocenters. The first-order valence-corrected chi connectivity index (χ1v) is 4.27. The van der Waals surface area contributed by atoms with Crippen LogP contribution in [0.15, 0.2) is 18.2 Å². The third kappa shape index (κ3) is 2.13. The molecule has 0 saturated heterocycles.